The average Bonchev–Trinajstić information content (AvgIpc) is 1.98. The summed E-state index contributed by atoms with van der Waals surface area (Å²) in [5, 5.41) is 0. The first-order valence-electron chi connectivity index (χ1n) is 5.08. The highest BCUT2D eigenvalue weighted by Crippen LogP contribution is 2.52. The van der Waals surface area contributed by atoms with E-state index in [1.807, 2.05) is 0 Å². The second-order valence-corrected chi connectivity index (χ2v) is 5.01. The number of hydrogen-bond acceptors (Lipinski definition) is 1. The van der Waals surface area contributed by atoms with Gasteiger partial charge < -0.3 is 5.73 Å². The molecule has 4 aliphatic rings. The minimum absolute atomic E-state index is 0. The van der Waals surface area contributed by atoms with Crippen molar-refractivity contribution in [3.05, 3.63) is 0 Å². The molecule has 4 rings (SSSR count). The summed E-state index contributed by atoms with van der Waals surface area (Å²) < 4.78 is 0. The molecule has 2 N–H and O–H groups in total. The van der Waals surface area contributed by atoms with Crippen molar-refractivity contribution >= 4 is 24.0 Å². The second-order valence-electron chi connectivity index (χ2n) is 5.01. The first-order chi connectivity index (χ1) is 5.33. The normalized spacial score (nSPS) is 55.2. The van der Waals surface area contributed by atoms with E-state index in [1.165, 1.54) is 25.7 Å². The SMILES string of the molecule is I.NC1C2CC3CC(C2)CC1C3. The molecule has 0 aromatic heterocycles. The molecule has 4 bridgehead atoms. The molecule has 0 heterocycles. The predicted octanol–water partition coefficient (Wildman–Crippen LogP) is 2.39. The summed E-state index contributed by atoms with van der Waals surface area (Å²) in [6.45, 7) is 0. The summed E-state index contributed by atoms with van der Waals surface area (Å²) in [5.74, 6) is 4.01. The van der Waals surface area contributed by atoms with Crippen molar-refractivity contribution in [2.45, 2.75) is 38.1 Å². The molecule has 0 spiro atoms. The third kappa shape index (κ3) is 1.22. The maximum Gasteiger partial charge on any atom is 0.00960 e. The van der Waals surface area contributed by atoms with E-state index < -0.39 is 0 Å². The van der Waals surface area contributed by atoms with Crippen LogP contribution in [0.1, 0.15) is 32.1 Å². The van der Waals surface area contributed by atoms with Crippen LogP contribution in [0.15, 0.2) is 0 Å². The molecular weight excluding hydrogens is 261 g/mol. The van der Waals surface area contributed by atoms with Gasteiger partial charge in [0.15, 0.2) is 0 Å². The zero-order valence-electron chi connectivity index (χ0n) is 7.41. The van der Waals surface area contributed by atoms with Gasteiger partial charge in [0.2, 0.25) is 0 Å². The maximum atomic E-state index is 6.17. The zero-order valence-corrected chi connectivity index (χ0v) is 9.74. The van der Waals surface area contributed by atoms with E-state index in [0.717, 1.165) is 23.7 Å². The maximum absolute atomic E-state index is 6.17. The van der Waals surface area contributed by atoms with E-state index in [1.54, 1.807) is 6.42 Å². The number of hydrogen-bond donors (Lipinski definition) is 1. The van der Waals surface area contributed by atoms with Gasteiger partial charge in [0.1, 0.15) is 0 Å². The van der Waals surface area contributed by atoms with E-state index in [4.69, 9.17) is 5.73 Å². The molecule has 0 unspecified atom stereocenters. The lowest BCUT2D eigenvalue weighted by Crippen LogP contribution is -2.52. The van der Waals surface area contributed by atoms with Crippen LogP contribution in [-0.2, 0) is 0 Å². The smallest absolute Gasteiger partial charge is 0.00960 e. The Hall–Kier alpha value is 0.690. The van der Waals surface area contributed by atoms with E-state index in [2.05, 4.69) is 0 Å². The van der Waals surface area contributed by atoms with E-state index in [9.17, 15) is 0 Å². The van der Waals surface area contributed by atoms with E-state index >= 15 is 0 Å². The Bertz CT molecular complexity index is 153. The van der Waals surface area contributed by atoms with Crippen LogP contribution in [0.3, 0.4) is 0 Å². The van der Waals surface area contributed by atoms with Crippen LogP contribution in [0, 0.1) is 23.7 Å². The number of halogens is 1. The topological polar surface area (TPSA) is 26.0 Å². The molecule has 0 aromatic carbocycles. The van der Waals surface area contributed by atoms with Crippen molar-refractivity contribution in [1.29, 1.82) is 0 Å². The lowest BCUT2D eigenvalue weighted by molar-refractivity contribution is 0.000349. The first-order valence-corrected chi connectivity index (χ1v) is 5.08. The first kappa shape index (κ1) is 9.25. The molecule has 70 valence electrons. The zero-order chi connectivity index (χ0) is 7.42. The summed E-state index contributed by atoms with van der Waals surface area (Å²) in [4.78, 5) is 0. The molecule has 0 atom stereocenters. The monoisotopic (exact) mass is 279 g/mol. The Labute approximate surface area is 91.5 Å². The van der Waals surface area contributed by atoms with Crippen molar-refractivity contribution in [3.8, 4) is 0 Å². The minimum Gasteiger partial charge on any atom is -0.327 e. The molecule has 0 aromatic rings. The molecule has 0 aliphatic heterocycles. The van der Waals surface area contributed by atoms with Crippen LogP contribution in [-0.4, -0.2) is 6.04 Å². The molecule has 12 heavy (non-hydrogen) atoms. The predicted molar refractivity (Wildman–Crippen MR) is 60.4 cm³/mol. The van der Waals surface area contributed by atoms with Crippen LogP contribution in [0.2, 0.25) is 0 Å². The highest BCUT2D eigenvalue weighted by Gasteiger charge is 2.46. The third-order valence-electron chi connectivity index (χ3n) is 4.30. The molecule has 0 radical (unpaired) electrons. The molecule has 4 saturated carbocycles. The minimum atomic E-state index is 0. The van der Waals surface area contributed by atoms with Crippen LogP contribution in [0.25, 0.3) is 0 Å². The van der Waals surface area contributed by atoms with Gasteiger partial charge in [-0.15, -0.1) is 24.0 Å². The van der Waals surface area contributed by atoms with Gasteiger partial charge in [0.25, 0.3) is 0 Å². The van der Waals surface area contributed by atoms with Gasteiger partial charge in [-0.3, -0.25) is 0 Å². The molecule has 2 heteroatoms. The Morgan fingerprint density at radius 2 is 1.17 bits per heavy atom. The van der Waals surface area contributed by atoms with Crippen molar-refractivity contribution in [2.24, 2.45) is 29.4 Å². The second kappa shape index (κ2) is 3.12. The van der Waals surface area contributed by atoms with Gasteiger partial charge in [-0.1, -0.05) is 0 Å². The van der Waals surface area contributed by atoms with Crippen LogP contribution in [0.4, 0.5) is 0 Å². The summed E-state index contributed by atoms with van der Waals surface area (Å²) in [5.41, 5.74) is 6.17. The molecule has 4 fully saturated rings. The van der Waals surface area contributed by atoms with Gasteiger partial charge in [-0.2, -0.15) is 0 Å². The molecule has 0 saturated heterocycles. The molecule has 4 aliphatic carbocycles. The highest BCUT2D eigenvalue weighted by atomic mass is 127. The van der Waals surface area contributed by atoms with Gasteiger partial charge in [0.05, 0.1) is 0 Å². The number of rotatable bonds is 0. The fourth-order valence-corrected chi connectivity index (χ4v) is 3.97. The Morgan fingerprint density at radius 3 is 1.58 bits per heavy atom. The van der Waals surface area contributed by atoms with Crippen LogP contribution >= 0.6 is 24.0 Å². The van der Waals surface area contributed by atoms with E-state index in [-0.39, 0.29) is 24.0 Å². The fourth-order valence-electron chi connectivity index (χ4n) is 3.97. The number of nitrogens with two attached hydrogens (primary N) is 1. The van der Waals surface area contributed by atoms with Crippen molar-refractivity contribution in [1.82, 2.24) is 0 Å². The lowest BCUT2D eigenvalue weighted by atomic mass is 9.54. The van der Waals surface area contributed by atoms with Crippen LogP contribution < -0.4 is 5.73 Å². The summed E-state index contributed by atoms with van der Waals surface area (Å²) in [6, 6.07) is 0.586. The molecule has 0 amide bonds. The summed E-state index contributed by atoms with van der Waals surface area (Å²) >= 11 is 0. The Morgan fingerprint density at radius 1 is 0.750 bits per heavy atom. The van der Waals surface area contributed by atoms with Gasteiger partial charge in [-0.05, 0) is 55.8 Å². The van der Waals surface area contributed by atoms with Crippen molar-refractivity contribution in [3.63, 3.8) is 0 Å². The van der Waals surface area contributed by atoms with Crippen molar-refractivity contribution in [2.75, 3.05) is 0 Å². The molecule has 1 nitrogen and oxygen atoms in total. The fraction of sp³-hybridized carbons (Fsp3) is 1.00. The van der Waals surface area contributed by atoms with Gasteiger partial charge in [-0.25, -0.2) is 0 Å². The van der Waals surface area contributed by atoms with Crippen LogP contribution in [0.5, 0.6) is 0 Å². The summed E-state index contributed by atoms with van der Waals surface area (Å²) in [6.07, 6.45) is 7.41. The lowest BCUT2D eigenvalue weighted by Gasteiger charge is -2.53. The third-order valence-corrected chi connectivity index (χ3v) is 4.30. The Kier molecular flexibility index (Phi) is 2.41. The highest BCUT2D eigenvalue weighted by molar-refractivity contribution is 14.0. The average molecular weight is 279 g/mol. The quantitative estimate of drug-likeness (QED) is 0.677. The Balaban J connectivity index is 0.000000563. The van der Waals surface area contributed by atoms with Crippen molar-refractivity contribution < 1.29 is 0 Å². The van der Waals surface area contributed by atoms with Gasteiger partial charge >= 0.3 is 0 Å². The van der Waals surface area contributed by atoms with E-state index in [0.29, 0.717) is 6.04 Å². The summed E-state index contributed by atoms with van der Waals surface area (Å²) in [7, 11) is 0. The van der Waals surface area contributed by atoms with Gasteiger partial charge in [0, 0.05) is 6.04 Å². The largest absolute Gasteiger partial charge is 0.327 e. The standard InChI is InChI=1S/C10H17N.HI/c11-10-8-2-6-1-7(4-8)5-9(10)3-6;/h6-10H,1-5,11H2;1H. The molecular formula is C10H18IN.